The third-order valence-electron chi connectivity index (χ3n) is 2.93. The van der Waals surface area contributed by atoms with Gasteiger partial charge in [0.05, 0.1) is 0 Å². The highest BCUT2D eigenvalue weighted by atomic mass is 15.2. The van der Waals surface area contributed by atoms with Crippen LogP contribution in [0.1, 0.15) is 26.2 Å². The fraction of sp³-hybridized carbons (Fsp3) is 1.00. The summed E-state index contributed by atoms with van der Waals surface area (Å²) in [6.07, 6.45) is 4.39. The molecule has 1 heterocycles. The van der Waals surface area contributed by atoms with Crippen LogP contribution < -0.4 is 0 Å². The molecular formula is C8H15N. The van der Waals surface area contributed by atoms with Crippen molar-refractivity contribution >= 4 is 0 Å². The maximum atomic E-state index is 2.63. The second-order valence-electron chi connectivity index (χ2n) is 3.51. The Morgan fingerprint density at radius 2 is 2.00 bits per heavy atom. The first-order chi connectivity index (χ1) is 4.38. The van der Waals surface area contributed by atoms with Crippen LogP contribution in [0.15, 0.2) is 0 Å². The van der Waals surface area contributed by atoms with Crippen LogP contribution in [0.2, 0.25) is 0 Å². The monoisotopic (exact) mass is 125 g/mol. The number of rotatable bonds is 1. The zero-order chi connectivity index (χ0) is 6.27. The summed E-state index contributed by atoms with van der Waals surface area (Å²) in [5.41, 5.74) is 0. The molecule has 1 aliphatic carbocycles. The highest BCUT2D eigenvalue weighted by Crippen LogP contribution is 2.33. The summed E-state index contributed by atoms with van der Waals surface area (Å²) < 4.78 is 0. The Kier molecular flexibility index (Phi) is 1.26. The molecule has 52 valence electrons. The molecule has 0 N–H and O–H groups in total. The lowest BCUT2D eigenvalue weighted by molar-refractivity contribution is 0.0250. The van der Waals surface area contributed by atoms with Gasteiger partial charge in [0.1, 0.15) is 0 Å². The molecule has 0 aromatic carbocycles. The van der Waals surface area contributed by atoms with Crippen LogP contribution in [-0.2, 0) is 0 Å². The molecule has 1 aliphatic heterocycles. The van der Waals surface area contributed by atoms with Gasteiger partial charge in [-0.05, 0) is 38.3 Å². The van der Waals surface area contributed by atoms with Gasteiger partial charge in [0.2, 0.25) is 0 Å². The summed E-state index contributed by atoms with van der Waals surface area (Å²) in [5, 5.41) is 0. The van der Waals surface area contributed by atoms with E-state index in [0.717, 1.165) is 12.0 Å². The van der Waals surface area contributed by atoms with E-state index in [4.69, 9.17) is 0 Å². The third kappa shape index (κ3) is 0.787. The van der Waals surface area contributed by atoms with E-state index in [-0.39, 0.29) is 0 Å². The first-order valence-electron chi connectivity index (χ1n) is 4.12. The van der Waals surface area contributed by atoms with Crippen molar-refractivity contribution in [2.75, 3.05) is 13.1 Å². The molecule has 0 radical (unpaired) electrons. The highest BCUT2D eigenvalue weighted by molar-refractivity contribution is 4.89. The van der Waals surface area contributed by atoms with Crippen molar-refractivity contribution in [3.8, 4) is 0 Å². The van der Waals surface area contributed by atoms with Crippen molar-refractivity contribution < 1.29 is 0 Å². The molecule has 0 spiro atoms. The van der Waals surface area contributed by atoms with Gasteiger partial charge >= 0.3 is 0 Å². The molecule has 2 aliphatic rings. The van der Waals surface area contributed by atoms with Crippen molar-refractivity contribution in [2.24, 2.45) is 5.92 Å². The summed E-state index contributed by atoms with van der Waals surface area (Å²) in [4.78, 5) is 2.63. The van der Waals surface area contributed by atoms with Crippen molar-refractivity contribution in [1.82, 2.24) is 4.90 Å². The van der Waals surface area contributed by atoms with E-state index in [1.807, 2.05) is 0 Å². The minimum absolute atomic E-state index is 0.985. The van der Waals surface area contributed by atoms with E-state index in [0.29, 0.717) is 0 Å². The highest BCUT2D eigenvalue weighted by Gasteiger charge is 2.34. The molecule has 9 heavy (non-hydrogen) atoms. The van der Waals surface area contributed by atoms with Crippen LogP contribution in [0.3, 0.4) is 0 Å². The first-order valence-corrected chi connectivity index (χ1v) is 4.12. The van der Waals surface area contributed by atoms with E-state index >= 15 is 0 Å². The van der Waals surface area contributed by atoms with Gasteiger partial charge in [-0.1, -0.05) is 6.92 Å². The Bertz CT molecular complexity index is 107. The van der Waals surface area contributed by atoms with E-state index < -0.39 is 0 Å². The zero-order valence-corrected chi connectivity index (χ0v) is 6.14. The molecular weight excluding hydrogens is 110 g/mol. The smallest absolute Gasteiger partial charge is 0.0121 e. The maximum Gasteiger partial charge on any atom is 0.0121 e. The van der Waals surface area contributed by atoms with Gasteiger partial charge in [0.25, 0.3) is 0 Å². The first kappa shape index (κ1) is 5.72. The Morgan fingerprint density at radius 3 is 2.11 bits per heavy atom. The molecule has 2 rings (SSSR count). The van der Waals surface area contributed by atoms with E-state index in [2.05, 4.69) is 11.8 Å². The van der Waals surface area contributed by atoms with Crippen molar-refractivity contribution in [2.45, 2.75) is 32.2 Å². The summed E-state index contributed by atoms with van der Waals surface area (Å²) in [5.74, 6) is 1.00. The van der Waals surface area contributed by atoms with E-state index in [1.165, 1.54) is 32.4 Å². The molecule has 2 atom stereocenters. The summed E-state index contributed by atoms with van der Waals surface area (Å²) in [6.45, 7) is 5.15. The summed E-state index contributed by atoms with van der Waals surface area (Å²) >= 11 is 0. The molecule has 0 aromatic heterocycles. The van der Waals surface area contributed by atoms with Crippen molar-refractivity contribution in [3.05, 3.63) is 0 Å². The molecule has 2 fully saturated rings. The second-order valence-corrected chi connectivity index (χ2v) is 3.51. The summed E-state index contributed by atoms with van der Waals surface area (Å²) in [6, 6.07) is 0.985. The lowest BCUT2D eigenvalue weighted by Crippen LogP contribution is -2.52. The SMILES string of the molecule is CC1CCC1N1CCC1. The predicted octanol–water partition coefficient (Wildman–Crippen LogP) is 1.49. The minimum Gasteiger partial charge on any atom is -0.300 e. The number of nitrogens with zero attached hydrogens (tertiary/aromatic N) is 1. The topological polar surface area (TPSA) is 3.24 Å². The van der Waals surface area contributed by atoms with Crippen molar-refractivity contribution in [3.63, 3.8) is 0 Å². The lowest BCUT2D eigenvalue weighted by Gasteiger charge is -2.47. The normalized spacial score (nSPS) is 43.7. The fourth-order valence-electron chi connectivity index (χ4n) is 1.86. The predicted molar refractivity (Wildman–Crippen MR) is 38.4 cm³/mol. The van der Waals surface area contributed by atoms with E-state index in [9.17, 15) is 0 Å². The number of hydrogen-bond donors (Lipinski definition) is 0. The van der Waals surface area contributed by atoms with Gasteiger partial charge in [-0.15, -0.1) is 0 Å². The van der Waals surface area contributed by atoms with Crippen LogP contribution >= 0.6 is 0 Å². The van der Waals surface area contributed by atoms with Crippen LogP contribution in [0.25, 0.3) is 0 Å². The van der Waals surface area contributed by atoms with Gasteiger partial charge < -0.3 is 4.90 Å². The Balaban J connectivity index is 1.83. The van der Waals surface area contributed by atoms with Gasteiger partial charge in [0, 0.05) is 6.04 Å². The number of likely N-dealkylation sites (tertiary alicyclic amines) is 1. The van der Waals surface area contributed by atoms with Gasteiger partial charge in [0.15, 0.2) is 0 Å². The standard InChI is InChI=1S/C8H15N/c1-7-3-4-8(7)9-5-2-6-9/h7-8H,2-6H2,1H3. The minimum atomic E-state index is 0.985. The molecule has 1 saturated heterocycles. The zero-order valence-electron chi connectivity index (χ0n) is 6.14. The second kappa shape index (κ2) is 1.98. The molecule has 1 heteroatoms. The van der Waals surface area contributed by atoms with Crippen molar-refractivity contribution in [1.29, 1.82) is 0 Å². The van der Waals surface area contributed by atoms with Crippen LogP contribution in [0.5, 0.6) is 0 Å². The molecule has 2 unspecified atom stereocenters. The van der Waals surface area contributed by atoms with Crippen LogP contribution in [-0.4, -0.2) is 24.0 Å². The Morgan fingerprint density at radius 1 is 1.22 bits per heavy atom. The average Bonchev–Trinajstić information content (AvgIpc) is 1.74. The molecule has 0 aromatic rings. The van der Waals surface area contributed by atoms with Crippen LogP contribution in [0, 0.1) is 5.92 Å². The molecule has 1 saturated carbocycles. The molecule has 1 nitrogen and oxygen atoms in total. The average molecular weight is 125 g/mol. The van der Waals surface area contributed by atoms with Gasteiger partial charge in [-0.2, -0.15) is 0 Å². The lowest BCUT2D eigenvalue weighted by atomic mass is 9.79. The maximum absolute atomic E-state index is 2.63. The van der Waals surface area contributed by atoms with E-state index in [1.54, 1.807) is 0 Å². The molecule has 0 amide bonds. The summed E-state index contributed by atoms with van der Waals surface area (Å²) in [7, 11) is 0. The Labute approximate surface area is 57.0 Å². The van der Waals surface area contributed by atoms with Crippen LogP contribution in [0.4, 0.5) is 0 Å². The molecule has 0 bridgehead atoms. The fourth-order valence-corrected chi connectivity index (χ4v) is 1.86. The third-order valence-corrected chi connectivity index (χ3v) is 2.93. The Hall–Kier alpha value is -0.0400. The largest absolute Gasteiger partial charge is 0.300 e. The number of hydrogen-bond acceptors (Lipinski definition) is 1. The quantitative estimate of drug-likeness (QED) is 0.513. The van der Waals surface area contributed by atoms with Gasteiger partial charge in [-0.3, -0.25) is 0 Å². The van der Waals surface area contributed by atoms with Gasteiger partial charge in [-0.25, -0.2) is 0 Å².